The molecule has 148 valence electrons. The summed E-state index contributed by atoms with van der Waals surface area (Å²) in [6.45, 7) is 13.9. The molecule has 1 spiro atoms. The van der Waals surface area contributed by atoms with E-state index in [0.717, 1.165) is 22.4 Å². The number of aromatic nitrogens is 1. The first-order valence-corrected chi connectivity index (χ1v) is 9.76. The molecule has 0 amide bonds. The number of hydrogen-bond acceptors (Lipinski definition) is 5. The maximum Gasteiger partial charge on any atom is 0.225 e. The largest absolute Gasteiger partial charge is 0.438 e. The predicted octanol–water partition coefficient (Wildman–Crippen LogP) is 4.41. The van der Waals surface area contributed by atoms with Crippen molar-refractivity contribution in [1.29, 1.82) is 0 Å². The smallest absolute Gasteiger partial charge is 0.225 e. The van der Waals surface area contributed by atoms with E-state index < -0.39 is 5.54 Å². The molecule has 2 N–H and O–H groups in total. The third kappa shape index (κ3) is 2.98. The number of ether oxygens (including phenoxy) is 2. The van der Waals surface area contributed by atoms with Crippen molar-refractivity contribution in [1.82, 2.24) is 4.98 Å². The van der Waals surface area contributed by atoms with Crippen LogP contribution in [0.1, 0.15) is 63.8 Å². The summed E-state index contributed by atoms with van der Waals surface area (Å²) in [5.41, 5.74) is 9.65. The highest BCUT2D eigenvalue weighted by Gasteiger charge is 2.46. The van der Waals surface area contributed by atoms with E-state index in [-0.39, 0.29) is 10.8 Å². The minimum absolute atomic E-state index is 0.00673. The van der Waals surface area contributed by atoms with Crippen LogP contribution >= 0.6 is 0 Å². The molecular formula is C23H29N3O2. The van der Waals surface area contributed by atoms with E-state index in [9.17, 15) is 0 Å². The van der Waals surface area contributed by atoms with E-state index in [4.69, 9.17) is 20.2 Å². The van der Waals surface area contributed by atoms with Gasteiger partial charge in [0, 0.05) is 17.3 Å². The van der Waals surface area contributed by atoms with Gasteiger partial charge in [0.25, 0.3) is 0 Å². The van der Waals surface area contributed by atoms with Gasteiger partial charge in [0.1, 0.15) is 23.7 Å². The van der Waals surface area contributed by atoms with Crippen molar-refractivity contribution in [3.8, 4) is 11.6 Å². The lowest BCUT2D eigenvalue weighted by Crippen LogP contribution is -2.42. The van der Waals surface area contributed by atoms with Gasteiger partial charge in [-0.05, 0) is 40.2 Å². The Morgan fingerprint density at radius 2 is 1.64 bits per heavy atom. The molecule has 4 rings (SSSR count). The molecule has 3 heterocycles. The van der Waals surface area contributed by atoms with E-state index >= 15 is 0 Å². The second-order valence-corrected chi connectivity index (χ2v) is 9.85. The molecule has 0 aliphatic carbocycles. The average Bonchev–Trinajstić information content (AvgIpc) is 2.60. The predicted molar refractivity (Wildman–Crippen MR) is 111 cm³/mol. The van der Waals surface area contributed by atoms with Crippen LogP contribution in [-0.2, 0) is 21.1 Å². The van der Waals surface area contributed by atoms with Crippen LogP contribution in [0.15, 0.2) is 35.5 Å². The SMILES string of the molecule is CC(C)(C)c1ccc2c(c1)[C@@]1(COCC(N)=N1)c1cc(C(C)(C)C)cnc1O2. The molecule has 5 heteroatoms. The lowest BCUT2D eigenvalue weighted by Gasteiger charge is -2.40. The summed E-state index contributed by atoms with van der Waals surface area (Å²) in [6.07, 6.45) is 1.89. The Kier molecular flexibility index (Phi) is 4.09. The topological polar surface area (TPSA) is 69.7 Å². The Bertz CT molecular complexity index is 901. The third-order valence-electron chi connectivity index (χ3n) is 5.56. The van der Waals surface area contributed by atoms with Gasteiger partial charge in [-0.15, -0.1) is 0 Å². The fourth-order valence-electron chi connectivity index (χ4n) is 3.79. The van der Waals surface area contributed by atoms with E-state index in [2.05, 4.69) is 64.7 Å². The fraction of sp³-hybridized carbons (Fsp3) is 0.478. The monoisotopic (exact) mass is 379 g/mol. The summed E-state index contributed by atoms with van der Waals surface area (Å²) in [5.74, 6) is 1.83. The molecule has 2 aliphatic heterocycles. The molecule has 28 heavy (non-hydrogen) atoms. The number of nitrogens with two attached hydrogens (primary N) is 1. The van der Waals surface area contributed by atoms with Gasteiger partial charge < -0.3 is 15.2 Å². The first kappa shape index (κ1) is 18.9. The zero-order valence-electron chi connectivity index (χ0n) is 17.6. The Morgan fingerprint density at radius 1 is 0.964 bits per heavy atom. The second kappa shape index (κ2) is 6.05. The van der Waals surface area contributed by atoms with Crippen LogP contribution in [0.25, 0.3) is 0 Å². The van der Waals surface area contributed by atoms with Crippen LogP contribution in [0.2, 0.25) is 0 Å². The number of benzene rings is 1. The number of fused-ring (bicyclic) bond motifs is 4. The zero-order chi connectivity index (χ0) is 20.3. The molecule has 0 unspecified atom stereocenters. The molecule has 1 aromatic heterocycles. The van der Waals surface area contributed by atoms with Crippen molar-refractivity contribution >= 4 is 5.84 Å². The first-order chi connectivity index (χ1) is 13.0. The van der Waals surface area contributed by atoms with Crippen LogP contribution in [-0.4, -0.2) is 24.0 Å². The van der Waals surface area contributed by atoms with Crippen LogP contribution < -0.4 is 10.5 Å². The summed E-state index contributed by atoms with van der Waals surface area (Å²) >= 11 is 0. The highest BCUT2D eigenvalue weighted by molar-refractivity contribution is 5.83. The molecule has 0 saturated heterocycles. The molecule has 0 fully saturated rings. The number of aliphatic imine (C=N–C) groups is 1. The molecule has 2 aromatic rings. The van der Waals surface area contributed by atoms with Gasteiger partial charge >= 0.3 is 0 Å². The molecule has 1 atom stereocenters. The lowest BCUT2D eigenvalue weighted by molar-refractivity contribution is 0.109. The van der Waals surface area contributed by atoms with Crippen molar-refractivity contribution < 1.29 is 9.47 Å². The van der Waals surface area contributed by atoms with Gasteiger partial charge in [-0.25, -0.2) is 4.98 Å². The number of nitrogens with zero attached hydrogens (tertiary/aromatic N) is 2. The minimum Gasteiger partial charge on any atom is -0.438 e. The molecule has 2 aliphatic rings. The number of pyridine rings is 1. The Morgan fingerprint density at radius 3 is 2.29 bits per heavy atom. The van der Waals surface area contributed by atoms with Gasteiger partial charge in [0.2, 0.25) is 5.88 Å². The van der Waals surface area contributed by atoms with Gasteiger partial charge in [-0.1, -0.05) is 47.6 Å². The fourth-order valence-corrected chi connectivity index (χ4v) is 3.79. The van der Waals surface area contributed by atoms with E-state index in [0.29, 0.717) is 24.9 Å². The average molecular weight is 380 g/mol. The maximum atomic E-state index is 6.20. The van der Waals surface area contributed by atoms with Crippen molar-refractivity contribution in [2.75, 3.05) is 13.2 Å². The van der Waals surface area contributed by atoms with Gasteiger partial charge in [0.05, 0.1) is 6.61 Å². The van der Waals surface area contributed by atoms with Crippen molar-refractivity contribution in [2.45, 2.75) is 57.9 Å². The van der Waals surface area contributed by atoms with Crippen LogP contribution in [0.5, 0.6) is 11.6 Å². The molecule has 0 saturated carbocycles. The number of hydrogen-bond donors (Lipinski definition) is 1. The molecular weight excluding hydrogens is 350 g/mol. The standard InChI is InChI=1S/C23H29N3O2/c1-21(2,3)14-7-8-18-16(9-14)23(13-27-12-19(24)26-23)17-10-15(22(4,5)6)11-25-20(17)28-18/h7-11H,12-13H2,1-6H3,(H2,24,26)/t23-/m0/s1. The molecule has 1 aromatic carbocycles. The summed E-state index contributed by atoms with van der Waals surface area (Å²) < 4.78 is 12.1. The summed E-state index contributed by atoms with van der Waals surface area (Å²) in [5, 5.41) is 0. The van der Waals surface area contributed by atoms with Gasteiger partial charge in [-0.3, -0.25) is 4.99 Å². The molecule has 5 nitrogen and oxygen atoms in total. The van der Waals surface area contributed by atoms with Crippen molar-refractivity contribution in [3.05, 3.63) is 52.7 Å². The van der Waals surface area contributed by atoms with Crippen molar-refractivity contribution in [3.63, 3.8) is 0 Å². The third-order valence-corrected chi connectivity index (χ3v) is 5.56. The summed E-state index contributed by atoms with van der Waals surface area (Å²) in [7, 11) is 0. The normalized spacial score (nSPS) is 21.6. The number of rotatable bonds is 0. The van der Waals surface area contributed by atoms with Crippen molar-refractivity contribution in [2.24, 2.45) is 10.7 Å². The minimum atomic E-state index is -0.735. The first-order valence-electron chi connectivity index (χ1n) is 9.76. The highest BCUT2D eigenvalue weighted by Crippen LogP contribution is 2.50. The second-order valence-electron chi connectivity index (χ2n) is 9.85. The van der Waals surface area contributed by atoms with E-state index in [1.165, 1.54) is 5.56 Å². The maximum absolute atomic E-state index is 6.20. The zero-order valence-corrected chi connectivity index (χ0v) is 17.6. The molecule has 0 bridgehead atoms. The Labute approximate surface area is 167 Å². The highest BCUT2D eigenvalue weighted by atomic mass is 16.5. The Hall–Kier alpha value is -2.40. The quantitative estimate of drug-likeness (QED) is 0.736. The van der Waals surface area contributed by atoms with Crippen LogP contribution in [0.4, 0.5) is 0 Å². The van der Waals surface area contributed by atoms with Crippen LogP contribution in [0.3, 0.4) is 0 Å². The Balaban J connectivity index is 2.01. The summed E-state index contributed by atoms with van der Waals surface area (Å²) in [4.78, 5) is 9.59. The number of amidine groups is 1. The lowest BCUT2D eigenvalue weighted by atomic mass is 9.76. The van der Waals surface area contributed by atoms with E-state index in [1.807, 2.05) is 12.3 Å². The molecule has 0 radical (unpaired) electrons. The van der Waals surface area contributed by atoms with Gasteiger partial charge in [-0.2, -0.15) is 0 Å². The summed E-state index contributed by atoms with van der Waals surface area (Å²) in [6, 6.07) is 8.46. The van der Waals surface area contributed by atoms with E-state index in [1.54, 1.807) is 0 Å². The van der Waals surface area contributed by atoms with Crippen LogP contribution in [0, 0.1) is 0 Å². The van der Waals surface area contributed by atoms with Gasteiger partial charge in [0.15, 0.2) is 0 Å².